The van der Waals surface area contributed by atoms with E-state index in [9.17, 15) is 0 Å². The van der Waals surface area contributed by atoms with E-state index >= 15 is 0 Å². The van der Waals surface area contributed by atoms with Crippen LogP contribution in [0, 0.1) is 0 Å². The van der Waals surface area contributed by atoms with Crippen LogP contribution < -0.4 is 5.73 Å². The second-order valence-corrected chi connectivity index (χ2v) is 4.68. The molecule has 3 aromatic rings. The maximum absolute atomic E-state index is 5.50. The van der Waals surface area contributed by atoms with Crippen LogP contribution >= 0.6 is 0 Å². The van der Waals surface area contributed by atoms with Crippen molar-refractivity contribution < 1.29 is 0 Å². The lowest BCUT2D eigenvalue weighted by molar-refractivity contribution is 0.564. The summed E-state index contributed by atoms with van der Waals surface area (Å²) in [5, 5.41) is 19.9. The van der Waals surface area contributed by atoms with Crippen molar-refractivity contribution in [1.82, 2.24) is 35.2 Å². The maximum Gasteiger partial charge on any atom is 0.173 e. The molecule has 8 heteroatoms. The summed E-state index contributed by atoms with van der Waals surface area (Å²) >= 11 is 0. The highest BCUT2D eigenvalue weighted by Crippen LogP contribution is 2.04. The van der Waals surface area contributed by atoms with Gasteiger partial charge in [0, 0.05) is 12.6 Å². The van der Waals surface area contributed by atoms with E-state index in [4.69, 9.17) is 5.73 Å². The minimum atomic E-state index is 0.484. The maximum atomic E-state index is 5.50. The molecule has 0 radical (unpaired) electrons. The minimum Gasteiger partial charge on any atom is -0.330 e. The third-order valence-electron chi connectivity index (χ3n) is 3.07. The van der Waals surface area contributed by atoms with Gasteiger partial charge in [-0.05, 0) is 22.5 Å². The Morgan fingerprint density at radius 1 is 1.00 bits per heavy atom. The summed E-state index contributed by atoms with van der Waals surface area (Å²) in [5.74, 6) is 0.739. The first-order chi connectivity index (χ1) is 10.3. The average molecular weight is 284 g/mol. The molecule has 0 fully saturated rings. The van der Waals surface area contributed by atoms with Gasteiger partial charge in [-0.3, -0.25) is 0 Å². The number of benzene rings is 1. The topological polar surface area (TPSA) is 100 Å². The molecule has 2 aromatic heterocycles. The standard InChI is InChI=1S/C13H16N8/c14-7-6-12-9-20(18-15-12)10-13-16-17-19-21(13)8-11-4-2-1-3-5-11/h1-5,9H,6-8,10,14H2. The number of rotatable bonds is 6. The fraction of sp³-hybridized carbons (Fsp3) is 0.308. The summed E-state index contributed by atoms with van der Waals surface area (Å²) < 4.78 is 3.48. The summed E-state index contributed by atoms with van der Waals surface area (Å²) in [5.41, 5.74) is 7.52. The van der Waals surface area contributed by atoms with Crippen molar-refractivity contribution in [2.24, 2.45) is 5.73 Å². The quantitative estimate of drug-likeness (QED) is 0.676. The lowest BCUT2D eigenvalue weighted by Crippen LogP contribution is -2.11. The molecule has 0 bridgehead atoms. The minimum absolute atomic E-state index is 0.484. The number of aromatic nitrogens is 7. The van der Waals surface area contributed by atoms with Crippen LogP contribution in [0.1, 0.15) is 17.1 Å². The molecule has 21 heavy (non-hydrogen) atoms. The van der Waals surface area contributed by atoms with Crippen LogP contribution in [0.2, 0.25) is 0 Å². The van der Waals surface area contributed by atoms with Gasteiger partial charge in [0.05, 0.1) is 12.2 Å². The summed E-state index contributed by atoms with van der Waals surface area (Å²) in [6, 6.07) is 10.1. The molecule has 0 aliphatic carbocycles. The number of hydrogen-bond donors (Lipinski definition) is 1. The predicted molar refractivity (Wildman–Crippen MR) is 75.2 cm³/mol. The van der Waals surface area contributed by atoms with E-state index in [0.717, 1.165) is 23.5 Å². The zero-order valence-electron chi connectivity index (χ0n) is 11.5. The molecule has 108 valence electrons. The van der Waals surface area contributed by atoms with Gasteiger partial charge in [0.1, 0.15) is 6.54 Å². The van der Waals surface area contributed by atoms with Crippen LogP contribution in [0.15, 0.2) is 36.5 Å². The smallest absolute Gasteiger partial charge is 0.173 e. The molecule has 8 nitrogen and oxygen atoms in total. The van der Waals surface area contributed by atoms with E-state index in [1.54, 1.807) is 9.36 Å². The highest BCUT2D eigenvalue weighted by molar-refractivity contribution is 5.14. The van der Waals surface area contributed by atoms with Crippen molar-refractivity contribution >= 4 is 0 Å². The Morgan fingerprint density at radius 3 is 2.67 bits per heavy atom. The lowest BCUT2D eigenvalue weighted by Gasteiger charge is -2.04. The molecule has 0 aliphatic rings. The SMILES string of the molecule is NCCc1cn(Cc2nnnn2Cc2ccccc2)nn1. The van der Waals surface area contributed by atoms with Crippen molar-refractivity contribution in [1.29, 1.82) is 0 Å². The fourth-order valence-electron chi connectivity index (χ4n) is 2.04. The second kappa shape index (κ2) is 6.23. The van der Waals surface area contributed by atoms with E-state index in [2.05, 4.69) is 25.8 Å². The van der Waals surface area contributed by atoms with Crippen molar-refractivity contribution in [2.45, 2.75) is 19.5 Å². The van der Waals surface area contributed by atoms with Gasteiger partial charge in [-0.1, -0.05) is 35.5 Å². The summed E-state index contributed by atoms with van der Waals surface area (Å²) in [7, 11) is 0. The second-order valence-electron chi connectivity index (χ2n) is 4.68. The van der Waals surface area contributed by atoms with Gasteiger partial charge in [-0.2, -0.15) is 0 Å². The Kier molecular flexibility index (Phi) is 3.97. The van der Waals surface area contributed by atoms with Crippen LogP contribution in [0.4, 0.5) is 0 Å². The van der Waals surface area contributed by atoms with Crippen LogP contribution in [-0.4, -0.2) is 41.7 Å². The normalized spacial score (nSPS) is 10.9. The largest absolute Gasteiger partial charge is 0.330 e. The predicted octanol–water partition coefficient (Wildman–Crippen LogP) is -0.138. The van der Waals surface area contributed by atoms with E-state index in [1.165, 1.54) is 0 Å². The molecule has 0 saturated carbocycles. The van der Waals surface area contributed by atoms with Crippen molar-refractivity contribution in [2.75, 3.05) is 6.54 Å². The molecular weight excluding hydrogens is 268 g/mol. The van der Waals surface area contributed by atoms with Gasteiger partial charge in [0.15, 0.2) is 5.82 Å². The van der Waals surface area contributed by atoms with E-state index in [-0.39, 0.29) is 0 Å². The molecule has 0 spiro atoms. The van der Waals surface area contributed by atoms with Crippen LogP contribution in [0.5, 0.6) is 0 Å². The van der Waals surface area contributed by atoms with Gasteiger partial charge in [-0.25, -0.2) is 9.36 Å². The highest BCUT2D eigenvalue weighted by Gasteiger charge is 2.09. The molecule has 0 aliphatic heterocycles. The first kappa shape index (κ1) is 13.4. The fourth-order valence-corrected chi connectivity index (χ4v) is 2.04. The van der Waals surface area contributed by atoms with Crippen LogP contribution in [0.3, 0.4) is 0 Å². The van der Waals surface area contributed by atoms with Crippen molar-refractivity contribution in [3.63, 3.8) is 0 Å². The molecule has 2 N–H and O–H groups in total. The monoisotopic (exact) mass is 284 g/mol. The Balaban J connectivity index is 1.72. The van der Waals surface area contributed by atoms with Gasteiger partial charge in [-0.15, -0.1) is 10.2 Å². The zero-order chi connectivity index (χ0) is 14.5. The Hall–Kier alpha value is -2.61. The molecule has 0 saturated heterocycles. The number of tetrazole rings is 1. The molecule has 2 heterocycles. The highest BCUT2D eigenvalue weighted by atomic mass is 15.6. The number of nitrogens with zero attached hydrogens (tertiary/aromatic N) is 7. The Labute approximate surface area is 121 Å². The first-order valence-corrected chi connectivity index (χ1v) is 6.73. The van der Waals surface area contributed by atoms with Crippen LogP contribution in [-0.2, 0) is 19.5 Å². The van der Waals surface area contributed by atoms with Gasteiger partial charge in [0.25, 0.3) is 0 Å². The summed E-state index contributed by atoms with van der Waals surface area (Å²) in [6.07, 6.45) is 2.59. The summed E-state index contributed by atoms with van der Waals surface area (Å²) in [4.78, 5) is 0. The molecule has 3 rings (SSSR count). The number of hydrogen-bond acceptors (Lipinski definition) is 6. The third-order valence-corrected chi connectivity index (χ3v) is 3.07. The molecule has 1 aromatic carbocycles. The summed E-state index contributed by atoms with van der Waals surface area (Å²) in [6.45, 7) is 1.68. The van der Waals surface area contributed by atoms with Gasteiger partial charge >= 0.3 is 0 Å². The molecule has 0 amide bonds. The third kappa shape index (κ3) is 3.29. The zero-order valence-corrected chi connectivity index (χ0v) is 11.5. The molecule has 0 atom stereocenters. The number of nitrogens with two attached hydrogens (primary N) is 1. The Bertz CT molecular complexity index is 687. The van der Waals surface area contributed by atoms with E-state index in [0.29, 0.717) is 19.6 Å². The first-order valence-electron chi connectivity index (χ1n) is 6.73. The Morgan fingerprint density at radius 2 is 1.86 bits per heavy atom. The molecular formula is C13H16N8. The van der Waals surface area contributed by atoms with Crippen molar-refractivity contribution in [3.8, 4) is 0 Å². The average Bonchev–Trinajstić information content (AvgIpc) is 3.11. The van der Waals surface area contributed by atoms with E-state index in [1.807, 2.05) is 36.5 Å². The van der Waals surface area contributed by atoms with Gasteiger partial charge < -0.3 is 5.73 Å². The van der Waals surface area contributed by atoms with Crippen LogP contribution in [0.25, 0.3) is 0 Å². The lowest BCUT2D eigenvalue weighted by atomic mass is 10.2. The molecule has 0 unspecified atom stereocenters. The van der Waals surface area contributed by atoms with Gasteiger partial charge in [0.2, 0.25) is 0 Å². The van der Waals surface area contributed by atoms with E-state index < -0.39 is 0 Å². The van der Waals surface area contributed by atoms with Crippen molar-refractivity contribution in [3.05, 3.63) is 53.6 Å².